The van der Waals surface area contributed by atoms with Crippen molar-refractivity contribution in [3.8, 4) is 17.2 Å². The Balaban J connectivity index is 1.38. The fourth-order valence-electron chi connectivity index (χ4n) is 4.08. The molecule has 0 aliphatic carbocycles. The molecule has 150 valence electrons. The van der Waals surface area contributed by atoms with E-state index in [0.717, 1.165) is 56.0 Å². The van der Waals surface area contributed by atoms with Crippen LogP contribution in [0.5, 0.6) is 17.2 Å². The predicted octanol–water partition coefficient (Wildman–Crippen LogP) is 4.11. The molecule has 6 heteroatoms. The number of fused-ring (bicyclic) bond motifs is 1. The number of aliphatic hydroxyl groups is 1. The van der Waals surface area contributed by atoms with Crippen molar-refractivity contribution >= 4 is 11.6 Å². The van der Waals surface area contributed by atoms with Gasteiger partial charge in [0.25, 0.3) is 0 Å². The van der Waals surface area contributed by atoms with Crippen LogP contribution in [0.4, 0.5) is 0 Å². The Hall–Kier alpha value is -1.95. The molecule has 1 N–H and O–H groups in total. The second-order valence-corrected chi connectivity index (χ2v) is 8.09. The van der Waals surface area contributed by atoms with Crippen LogP contribution in [-0.2, 0) is 6.54 Å². The van der Waals surface area contributed by atoms with Crippen molar-refractivity contribution in [1.29, 1.82) is 0 Å². The molecule has 0 unspecified atom stereocenters. The van der Waals surface area contributed by atoms with Crippen molar-refractivity contribution in [2.45, 2.75) is 25.8 Å². The third-order valence-electron chi connectivity index (χ3n) is 5.66. The van der Waals surface area contributed by atoms with Crippen molar-refractivity contribution in [3.05, 3.63) is 53.1 Å². The number of likely N-dealkylation sites (tertiary alicyclic amines) is 1. The highest BCUT2D eigenvalue weighted by Crippen LogP contribution is 2.39. The maximum Gasteiger partial charge on any atom is 0.231 e. The SMILES string of the molecule is OC[C@@]1(CCOc2ccccc2)CCCN(Cc2cc3c(cc2Cl)OCO3)C1. The summed E-state index contributed by atoms with van der Waals surface area (Å²) in [6, 6.07) is 13.6. The van der Waals surface area contributed by atoms with Crippen molar-refractivity contribution in [2.24, 2.45) is 5.41 Å². The normalized spacial score (nSPS) is 21.6. The topological polar surface area (TPSA) is 51.2 Å². The summed E-state index contributed by atoms with van der Waals surface area (Å²) in [5, 5.41) is 10.9. The quantitative estimate of drug-likeness (QED) is 0.753. The van der Waals surface area contributed by atoms with Crippen LogP contribution in [0.2, 0.25) is 5.02 Å². The molecule has 0 amide bonds. The Morgan fingerprint density at radius 1 is 1.14 bits per heavy atom. The summed E-state index contributed by atoms with van der Waals surface area (Å²) >= 11 is 6.45. The lowest BCUT2D eigenvalue weighted by atomic mass is 9.78. The average Bonchev–Trinajstić information content (AvgIpc) is 3.16. The number of halogens is 1. The molecule has 0 radical (unpaired) electrons. The number of ether oxygens (including phenoxy) is 3. The number of nitrogens with zero attached hydrogens (tertiary/aromatic N) is 1. The van der Waals surface area contributed by atoms with Gasteiger partial charge in [-0.25, -0.2) is 0 Å². The van der Waals surface area contributed by atoms with E-state index in [4.69, 9.17) is 25.8 Å². The molecule has 1 fully saturated rings. The molecule has 2 aromatic carbocycles. The second kappa shape index (κ2) is 8.60. The summed E-state index contributed by atoms with van der Waals surface area (Å²) in [5.74, 6) is 2.33. The first-order chi connectivity index (χ1) is 13.7. The van der Waals surface area contributed by atoms with Crippen molar-refractivity contribution in [1.82, 2.24) is 4.90 Å². The van der Waals surface area contributed by atoms with Crippen LogP contribution in [0.1, 0.15) is 24.8 Å². The summed E-state index contributed by atoms with van der Waals surface area (Å²) < 4.78 is 16.8. The van der Waals surface area contributed by atoms with E-state index in [1.807, 2.05) is 42.5 Å². The van der Waals surface area contributed by atoms with Crippen LogP contribution in [0.15, 0.2) is 42.5 Å². The van der Waals surface area contributed by atoms with Gasteiger partial charge in [0.05, 0.1) is 13.2 Å². The summed E-state index contributed by atoms with van der Waals surface area (Å²) in [6.07, 6.45) is 2.88. The molecular formula is C22H26ClNO4. The smallest absolute Gasteiger partial charge is 0.231 e. The van der Waals surface area contributed by atoms with Crippen LogP contribution in [0, 0.1) is 5.41 Å². The number of hydrogen-bond acceptors (Lipinski definition) is 5. The molecule has 0 aromatic heterocycles. The lowest BCUT2D eigenvalue weighted by molar-refractivity contribution is 0.0128. The predicted molar refractivity (Wildman–Crippen MR) is 108 cm³/mol. The molecule has 2 aromatic rings. The van der Waals surface area contributed by atoms with E-state index in [1.54, 1.807) is 0 Å². The molecule has 2 aliphatic heterocycles. The molecule has 2 aliphatic rings. The third-order valence-corrected chi connectivity index (χ3v) is 6.01. The summed E-state index contributed by atoms with van der Waals surface area (Å²) in [5.41, 5.74) is 0.885. The van der Waals surface area contributed by atoms with E-state index in [2.05, 4.69) is 4.90 Å². The summed E-state index contributed by atoms with van der Waals surface area (Å²) in [6.45, 7) is 3.56. The highest BCUT2D eigenvalue weighted by molar-refractivity contribution is 6.31. The minimum absolute atomic E-state index is 0.143. The molecule has 2 heterocycles. The first-order valence-corrected chi connectivity index (χ1v) is 10.1. The maximum atomic E-state index is 10.2. The molecule has 1 saturated heterocycles. The van der Waals surface area contributed by atoms with Crippen LogP contribution < -0.4 is 14.2 Å². The van der Waals surface area contributed by atoms with E-state index in [9.17, 15) is 5.11 Å². The number of benzene rings is 2. The van der Waals surface area contributed by atoms with Gasteiger partial charge >= 0.3 is 0 Å². The largest absolute Gasteiger partial charge is 0.494 e. The standard InChI is InChI=1S/C22H26ClNO4/c23-19-12-21-20(27-16-28-21)11-17(19)13-24-9-4-7-22(14-24,15-25)8-10-26-18-5-2-1-3-6-18/h1-3,5-6,11-12,25H,4,7-10,13-16H2/t22-/m1/s1. The first kappa shape index (κ1) is 19.4. The van der Waals surface area contributed by atoms with Crippen molar-refractivity contribution in [3.63, 3.8) is 0 Å². The molecule has 5 nitrogen and oxygen atoms in total. The van der Waals surface area contributed by atoms with Gasteiger partial charge < -0.3 is 19.3 Å². The van der Waals surface area contributed by atoms with Gasteiger partial charge in [-0.3, -0.25) is 4.90 Å². The Kier molecular flexibility index (Phi) is 5.95. The number of piperidine rings is 1. The number of hydrogen-bond donors (Lipinski definition) is 1. The Morgan fingerprint density at radius 2 is 1.93 bits per heavy atom. The first-order valence-electron chi connectivity index (χ1n) is 9.77. The van der Waals surface area contributed by atoms with Gasteiger partial charge in [0.15, 0.2) is 11.5 Å². The van der Waals surface area contributed by atoms with E-state index >= 15 is 0 Å². The third kappa shape index (κ3) is 4.37. The molecule has 0 spiro atoms. The molecule has 28 heavy (non-hydrogen) atoms. The van der Waals surface area contributed by atoms with Crippen LogP contribution >= 0.6 is 11.6 Å². The number of aliphatic hydroxyl groups excluding tert-OH is 1. The summed E-state index contributed by atoms with van der Waals surface area (Å²) in [7, 11) is 0. The molecule has 4 rings (SSSR count). The second-order valence-electron chi connectivity index (χ2n) is 7.68. The summed E-state index contributed by atoms with van der Waals surface area (Å²) in [4.78, 5) is 2.37. The van der Waals surface area contributed by atoms with Crippen molar-refractivity contribution < 1.29 is 19.3 Å². The average molecular weight is 404 g/mol. The van der Waals surface area contributed by atoms with E-state index < -0.39 is 0 Å². The van der Waals surface area contributed by atoms with Gasteiger partial charge in [-0.15, -0.1) is 0 Å². The Bertz CT molecular complexity index is 801. The Labute approximate surface area is 170 Å². The maximum absolute atomic E-state index is 10.2. The highest BCUT2D eigenvalue weighted by Gasteiger charge is 2.35. The van der Waals surface area contributed by atoms with E-state index in [-0.39, 0.29) is 18.8 Å². The number of rotatable bonds is 7. The zero-order valence-electron chi connectivity index (χ0n) is 15.9. The molecule has 1 atom stereocenters. The van der Waals surface area contributed by atoms with Gasteiger partial charge in [0.2, 0.25) is 6.79 Å². The fourth-order valence-corrected chi connectivity index (χ4v) is 4.29. The van der Waals surface area contributed by atoms with Gasteiger partial charge in [-0.2, -0.15) is 0 Å². The zero-order chi connectivity index (χ0) is 19.4. The van der Waals surface area contributed by atoms with Crippen LogP contribution in [0.3, 0.4) is 0 Å². The minimum atomic E-state index is -0.143. The molecule has 0 saturated carbocycles. The molecule has 0 bridgehead atoms. The van der Waals surface area contributed by atoms with Crippen LogP contribution in [0.25, 0.3) is 0 Å². The van der Waals surface area contributed by atoms with Gasteiger partial charge in [-0.05, 0) is 49.6 Å². The lowest BCUT2D eigenvalue weighted by Crippen LogP contribution is -2.45. The minimum Gasteiger partial charge on any atom is -0.494 e. The highest BCUT2D eigenvalue weighted by atomic mass is 35.5. The van der Waals surface area contributed by atoms with E-state index in [1.165, 1.54) is 0 Å². The van der Waals surface area contributed by atoms with Crippen molar-refractivity contribution in [2.75, 3.05) is 33.1 Å². The molecular weight excluding hydrogens is 378 g/mol. The van der Waals surface area contributed by atoms with Gasteiger partial charge in [0, 0.05) is 29.6 Å². The van der Waals surface area contributed by atoms with E-state index in [0.29, 0.717) is 17.4 Å². The zero-order valence-corrected chi connectivity index (χ0v) is 16.7. The van der Waals surface area contributed by atoms with Gasteiger partial charge in [0.1, 0.15) is 5.75 Å². The van der Waals surface area contributed by atoms with Gasteiger partial charge in [-0.1, -0.05) is 29.8 Å². The lowest BCUT2D eigenvalue weighted by Gasteiger charge is -2.42. The fraction of sp³-hybridized carbons (Fsp3) is 0.455. The monoisotopic (exact) mass is 403 g/mol. The van der Waals surface area contributed by atoms with Crippen LogP contribution in [-0.4, -0.2) is 43.1 Å². The number of para-hydroxylation sites is 1. The Morgan fingerprint density at radius 3 is 2.71 bits per heavy atom.